The predicted octanol–water partition coefficient (Wildman–Crippen LogP) is 4.79. The third kappa shape index (κ3) is 4.61. The van der Waals surface area contributed by atoms with Crippen molar-refractivity contribution in [3.8, 4) is 0 Å². The molecule has 0 aromatic carbocycles. The summed E-state index contributed by atoms with van der Waals surface area (Å²) in [4.78, 5) is 0. The molecule has 0 bridgehead atoms. The molecule has 0 saturated heterocycles. The van der Waals surface area contributed by atoms with Gasteiger partial charge in [0.05, 0.1) is 0 Å². The van der Waals surface area contributed by atoms with E-state index in [9.17, 15) is 0 Å². The van der Waals surface area contributed by atoms with Gasteiger partial charge in [-0.3, -0.25) is 0 Å². The van der Waals surface area contributed by atoms with Crippen LogP contribution < -0.4 is 0 Å². The third-order valence-corrected chi connectivity index (χ3v) is 3.96. The van der Waals surface area contributed by atoms with Crippen molar-refractivity contribution in [1.82, 2.24) is 0 Å². The van der Waals surface area contributed by atoms with Gasteiger partial charge in [0.2, 0.25) is 0 Å². The van der Waals surface area contributed by atoms with Crippen molar-refractivity contribution in [2.75, 3.05) is 0 Å². The van der Waals surface area contributed by atoms with Gasteiger partial charge in [0.15, 0.2) is 0 Å². The van der Waals surface area contributed by atoms with Crippen molar-refractivity contribution >= 4 is 7.28 Å². The molecule has 0 amide bonds. The Morgan fingerprint density at radius 1 is 0.867 bits per heavy atom. The Balaban J connectivity index is 2.40. The van der Waals surface area contributed by atoms with Crippen LogP contribution >= 0.6 is 0 Å². The van der Waals surface area contributed by atoms with Crippen LogP contribution in [0.4, 0.5) is 0 Å². The molecular formula is C14H28B. The molecule has 1 aliphatic rings. The van der Waals surface area contributed by atoms with E-state index in [1.165, 1.54) is 51.3 Å². The van der Waals surface area contributed by atoms with E-state index in [0.29, 0.717) is 0 Å². The van der Waals surface area contributed by atoms with E-state index in [0.717, 1.165) is 17.8 Å². The van der Waals surface area contributed by atoms with Gasteiger partial charge in [0.1, 0.15) is 7.28 Å². The molecule has 1 saturated carbocycles. The van der Waals surface area contributed by atoms with Crippen LogP contribution in [0.1, 0.15) is 58.8 Å². The summed E-state index contributed by atoms with van der Waals surface area (Å²) in [6.45, 7) is 6.90. The zero-order valence-corrected chi connectivity index (χ0v) is 11.0. The summed E-state index contributed by atoms with van der Waals surface area (Å²) in [5.41, 5.74) is 0. The summed E-state index contributed by atoms with van der Waals surface area (Å²) >= 11 is 0. The minimum atomic E-state index is 1.01. The molecule has 15 heavy (non-hydrogen) atoms. The molecule has 0 aliphatic heterocycles. The summed E-state index contributed by atoms with van der Waals surface area (Å²) in [5, 5.41) is 0. The number of hydrogen-bond acceptors (Lipinski definition) is 0. The summed E-state index contributed by atoms with van der Waals surface area (Å²) < 4.78 is 0. The number of hydrogen-bond donors (Lipinski definition) is 0. The minimum Gasteiger partial charge on any atom is -0.0920 e. The van der Waals surface area contributed by atoms with Gasteiger partial charge >= 0.3 is 0 Å². The fraction of sp³-hybridized carbons (Fsp3) is 1.00. The Morgan fingerprint density at radius 2 is 1.33 bits per heavy atom. The molecule has 0 aromatic heterocycles. The molecule has 1 aliphatic carbocycles. The van der Waals surface area contributed by atoms with Crippen LogP contribution in [0.3, 0.4) is 0 Å². The molecular weight excluding hydrogens is 179 g/mol. The third-order valence-electron chi connectivity index (χ3n) is 3.96. The first kappa shape index (κ1) is 13.1. The van der Waals surface area contributed by atoms with Gasteiger partial charge in [-0.05, 0) is 37.0 Å². The molecule has 1 fully saturated rings. The highest BCUT2D eigenvalue weighted by atomic mass is 14.3. The van der Waals surface area contributed by atoms with Crippen LogP contribution in [0, 0.1) is 17.8 Å². The second kappa shape index (κ2) is 7.36. The Hall–Kier alpha value is 0.0649. The highest BCUT2D eigenvalue weighted by Gasteiger charge is 2.27. The fourth-order valence-corrected chi connectivity index (χ4v) is 3.52. The largest absolute Gasteiger partial charge is 0.106 e. The molecule has 1 radical (unpaired) electrons. The Morgan fingerprint density at radius 3 is 1.73 bits per heavy atom. The molecule has 87 valence electrons. The fourth-order valence-electron chi connectivity index (χ4n) is 3.52. The minimum absolute atomic E-state index is 1.01. The number of rotatable bonds is 6. The van der Waals surface area contributed by atoms with Gasteiger partial charge in [-0.25, -0.2) is 0 Å². The molecule has 0 N–H and O–H groups in total. The lowest BCUT2D eigenvalue weighted by Gasteiger charge is -2.35. The molecule has 1 heteroatoms. The first-order valence-corrected chi connectivity index (χ1v) is 7.07. The summed E-state index contributed by atoms with van der Waals surface area (Å²) in [6, 6.07) is 0. The van der Waals surface area contributed by atoms with E-state index in [1.54, 1.807) is 0 Å². The van der Waals surface area contributed by atoms with Crippen molar-refractivity contribution in [2.24, 2.45) is 17.8 Å². The Kier molecular flexibility index (Phi) is 6.44. The molecule has 0 nitrogen and oxygen atoms in total. The molecule has 2 atom stereocenters. The maximum absolute atomic E-state index is 2.38. The van der Waals surface area contributed by atoms with Crippen LogP contribution in [0.15, 0.2) is 0 Å². The van der Waals surface area contributed by atoms with Gasteiger partial charge < -0.3 is 0 Å². The lowest BCUT2D eigenvalue weighted by Crippen LogP contribution is -2.23. The van der Waals surface area contributed by atoms with Crippen molar-refractivity contribution < 1.29 is 0 Å². The maximum Gasteiger partial charge on any atom is 0.106 e. The molecule has 0 aromatic rings. The standard InChI is InChI=1S/C14H28B/c1-4-6-12-8-13(7-5-2)10-14(9-12)11-15-3/h12-14H,4-11H2,1-3H3. The van der Waals surface area contributed by atoms with E-state index in [4.69, 9.17) is 0 Å². The van der Waals surface area contributed by atoms with Crippen LogP contribution in [-0.4, -0.2) is 7.28 Å². The van der Waals surface area contributed by atoms with Crippen LogP contribution in [0.2, 0.25) is 13.1 Å². The average molecular weight is 207 g/mol. The zero-order chi connectivity index (χ0) is 11.1. The van der Waals surface area contributed by atoms with E-state index >= 15 is 0 Å². The Labute approximate surface area is 97.5 Å². The molecule has 1 rings (SSSR count). The van der Waals surface area contributed by atoms with Crippen LogP contribution in [0.25, 0.3) is 0 Å². The van der Waals surface area contributed by atoms with Gasteiger partial charge in [0.25, 0.3) is 0 Å². The van der Waals surface area contributed by atoms with Crippen molar-refractivity contribution in [2.45, 2.75) is 71.9 Å². The molecule has 0 spiro atoms. The Bertz CT molecular complexity index is 121. The van der Waals surface area contributed by atoms with Gasteiger partial charge in [-0.15, -0.1) is 0 Å². The lowest BCUT2D eigenvalue weighted by atomic mass is 9.63. The SMILES string of the molecule is C[B]CC1CC(CCC)CC(CCC)C1. The summed E-state index contributed by atoms with van der Waals surface area (Å²) in [7, 11) is 2.38. The smallest absolute Gasteiger partial charge is 0.0920 e. The quantitative estimate of drug-likeness (QED) is 0.549. The van der Waals surface area contributed by atoms with Crippen molar-refractivity contribution in [3.63, 3.8) is 0 Å². The summed E-state index contributed by atoms with van der Waals surface area (Å²) in [5.74, 6) is 3.10. The first-order chi connectivity index (χ1) is 7.30. The highest BCUT2D eigenvalue weighted by Crippen LogP contribution is 2.39. The first-order valence-electron chi connectivity index (χ1n) is 7.07. The van der Waals surface area contributed by atoms with Gasteiger partial charge in [-0.2, -0.15) is 0 Å². The highest BCUT2D eigenvalue weighted by molar-refractivity contribution is 6.33. The lowest BCUT2D eigenvalue weighted by molar-refractivity contribution is 0.188. The van der Waals surface area contributed by atoms with Crippen molar-refractivity contribution in [3.05, 3.63) is 0 Å². The van der Waals surface area contributed by atoms with Crippen LogP contribution in [0.5, 0.6) is 0 Å². The van der Waals surface area contributed by atoms with E-state index in [1.807, 2.05) is 0 Å². The maximum atomic E-state index is 2.38. The van der Waals surface area contributed by atoms with E-state index in [2.05, 4.69) is 28.0 Å². The second-order valence-electron chi connectivity index (χ2n) is 5.53. The second-order valence-corrected chi connectivity index (χ2v) is 5.53. The van der Waals surface area contributed by atoms with E-state index in [-0.39, 0.29) is 0 Å². The van der Waals surface area contributed by atoms with Gasteiger partial charge in [-0.1, -0.05) is 52.7 Å². The van der Waals surface area contributed by atoms with Crippen LogP contribution in [-0.2, 0) is 0 Å². The zero-order valence-electron chi connectivity index (χ0n) is 11.0. The monoisotopic (exact) mass is 207 g/mol. The normalized spacial score (nSPS) is 31.5. The van der Waals surface area contributed by atoms with E-state index < -0.39 is 0 Å². The summed E-state index contributed by atoms with van der Waals surface area (Å²) in [6.07, 6.45) is 11.6. The average Bonchev–Trinajstić information content (AvgIpc) is 2.19. The molecule has 2 unspecified atom stereocenters. The van der Waals surface area contributed by atoms with Crippen molar-refractivity contribution in [1.29, 1.82) is 0 Å². The topological polar surface area (TPSA) is 0 Å². The molecule has 0 heterocycles. The predicted molar refractivity (Wildman–Crippen MR) is 70.6 cm³/mol. The van der Waals surface area contributed by atoms with Gasteiger partial charge in [0, 0.05) is 0 Å².